The lowest BCUT2D eigenvalue weighted by molar-refractivity contribution is -0.123. The Labute approximate surface area is 150 Å². The van der Waals surface area contributed by atoms with Gasteiger partial charge in [0.05, 0.1) is 6.20 Å². The molecule has 2 aromatic carbocycles. The van der Waals surface area contributed by atoms with Crippen LogP contribution in [-0.2, 0) is 4.79 Å². The third-order valence-corrected chi connectivity index (χ3v) is 3.44. The monoisotopic (exact) mass is 348 g/mol. The van der Waals surface area contributed by atoms with Gasteiger partial charge in [0.15, 0.2) is 6.61 Å². The highest BCUT2D eigenvalue weighted by Gasteiger charge is 2.10. The summed E-state index contributed by atoms with van der Waals surface area (Å²) in [5.74, 6) is -0.477. The predicted octanol–water partition coefficient (Wildman–Crippen LogP) is 1.98. The van der Waals surface area contributed by atoms with Gasteiger partial charge in [-0.25, -0.2) is 4.98 Å². The molecule has 0 unspecified atom stereocenters. The number of hydrazine groups is 1. The van der Waals surface area contributed by atoms with Crippen LogP contribution < -0.4 is 15.6 Å². The van der Waals surface area contributed by atoms with E-state index < -0.39 is 11.8 Å². The summed E-state index contributed by atoms with van der Waals surface area (Å²) in [6, 6.07) is 17.1. The number of para-hydroxylation sites is 1. The molecule has 2 N–H and O–H groups in total. The normalized spacial score (nSPS) is 10.0. The van der Waals surface area contributed by atoms with E-state index in [9.17, 15) is 9.59 Å². The quantitative estimate of drug-likeness (QED) is 0.688. The van der Waals surface area contributed by atoms with Gasteiger partial charge in [-0.2, -0.15) is 0 Å². The van der Waals surface area contributed by atoms with Crippen molar-refractivity contribution in [2.24, 2.45) is 0 Å². The first kappa shape index (κ1) is 17.1. The van der Waals surface area contributed by atoms with Gasteiger partial charge in [-0.1, -0.05) is 48.5 Å². The summed E-state index contributed by atoms with van der Waals surface area (Å²) in [6.07, 6.45) is 4.14. The van der Waals surface area contributed by atoms with Crippen molar-refractivity contribution in [3.05, 3.63) is 78.9 Å². The van der Waals surface area contributed by atoms with Crippen LogP contribution in [0.3, 0.4) is 0 Å². The smallest absolute Gasteiger partial charge is 0.289 e. The number of nitrogens with zero attached hydrogens (tertiary/aromatic N) is 2. The molecule has 0 bridgehead atoms. The number of benzene rings is 2. The molecule has 0 atom stereocenters. The van der Waals surface area contributed by atoms with Crippen LogP contribution in [0.1, 0.15) is 10.5 Å². The van der Waals surface area contributed by atoms with Crippen molar-refractivity contribution in [2.45, 2.75) is 0 Å². The van der Waals surface area contributed by atoms with Crippen molar-refractivity contribution < 1.29 is 14.3 Å². The number of rotatable bonds is 5. The maximum atomic E-state index is 11.9. The summed E-state index contributed by atoms with van der Waals surface area (Å²) in [4.78, 5) is 31.3. The number of ether oxygens (including phenoxy) is 1. The van der Waals surface area contributed by atoms with Crippen molar-refractivity contribution in [1.82, 2.24) is 20.8 Å². The van der Waals surface area contributed by atoms with Crippen molar-refractivity contribution in [2.75, 3.05) is 6.61 Å². The molecule has 1 heterocycles. The molecule has 130 valence electrons. The molecule has 1 aromatic heterocycles. The maximum absolute atomic E-state index is 11.9. The molecule has 2 amide bonds. The maximum Gasteiger partial charge on any atom is 0.289 e. The molecule has 0 aliphatic heterocycles. The Balaban J connectivity index is 1.56. The Morgan fingerprint density at radius 2 is 1.69 bits per heavy atom. The highest BCUT2D eigenvalue weighted by Crippen LogP contribution is 2.29. The van der Waals surface area contributed by atoms with Crippen molar-refractivity contribution in [3.63, 3.8) is 0 Å². The Morgan fingerprint density at radius 1 is 0.923 bits per heavy atom. The molecule has 7 nitrogen and oxygen atoms in total. The lowest BCUT2D eigenvalue weighted by Gasteiger charge is -2.12. The largest absolute Gasteiger partial charge is 0.483 e. The number of hydrogen-bond acceptors (Lipinski definition) is 5. The molecule has 7 heteroatoms. The predicted molar refractivity (Wildman–Crippen MR) is 95.0 cm³/mol. The van der Waals surface area contributed by atoms with Crippen molar-refractivity contribution >= 4 is 11.8 Å². The second-order valence-corrected chi connectivity index (χ2v) is 5.24. The van der Waals surface area contributed by atoms with Crippen molar-refractivity contribution in [1.29, 1.82) is 0 Å². The molecule has 0 spiro atoms. The van der Waals surface area contributed by atoms with Crippen LogP contribution in [0, 0.1) is 0 Å². The minimum Gasteiger partial charge on any atom is -0.483 e. The molecule has 0 aliphatic rings. The fourth-order valence-electron chi connectivity index (χ4n) is 2.23. The summed E-state index contributed by atoms with van der Waals surface area (Å²) in [7, 11) is 0. The molecule has 0 saturated heterocycles. The number of nitrogens with one attached hydrogen (secondary N) is 2. The molecule has 0 saturated carbocycles. The number of hydrogen-bond donors (Lipinski definition) is 2. The first-order valence-electron chi connectivity index (χ1n) is 7.86. The Bertz CT molecular complexity index is 886. The summed E-state index contributed by atoms with van der Waals surface area (Å²) in [5, 5.41) is 0. The van der Waals surface area contributed by atoms with Crippen LogP contribution in [-0.4, -0.2) is 28.4 Å². The lowest BCUT2D eigenvalue weighted by atomic mass is 10.1. The minimum atomic E-state index is -0.559. The van der Waals surface area contributed by atoms with E-state index in [1.807, 2.05) is 48.5 Å². The molecule has 0 fully saturated rings. The Kier molecular flexibility index (Phi) is 5.51. The van der Waals surface area contributed by atoms with E-state index in [4.69, 9.17) is 4.74 Å². The third-order valence-electron chi connectivity index (χ3n) is 3.44. The van der Waals surface area contributed by atoms with E-state index in [1.165, 1.54) is 18.6 Å². The zero-order valence-corrected chi connectivity index (χ0v) is 13.8. The van der Waals surface area contributed by atoms with Crippen LogP contribution in [0.5, 0.6) is 5.75 Å². The van der Waals surface area contributed by atoms with E-state index >= 15 is 0 Å². The summed E-state index contributed by atoms with van der Waals surface area (Å²) < 4.78 is 5.60. The zero-order valence-electron chi connectivity index (χ0n) is 13.8. The number of amides is 2. The SMILES string of the molecule is O=C(COc1ccccc1-c1ccccc1)NNC(=O)c1cnccn1. The summed E-state index contributed by atoms with van der Waals surface area (Å²) >= 11 is 0. The van der Waals surface area contributed by atoms with E-state index in [0.717, 1.165) is 11.1 Å². The Morgan fingerprint density at radius 3 is 2.46 bits per heavy atom. The highest BCUT2D eigenvalue weighted by molar-refractivity contribution is 5.93. The highest BCUT2D eigenvalue weighted by atomic mass is 16.5. The van der Waals surface area contributed by atoms with Crippen LogP contribution in [0.4, 0.5) is 0 Å². The van der Waals surface area contributed by atoms with Gasteiger partial charge in [-0.05, 0) is 11.6 Å². The molecule has 0 aliphatic carbocycles. The van der Waals surface area contributed by atoms with Gasteiger partial charge in [-0.3, -0.25) is 25.4 Å². The van der Waals surface area contributed by atoms with Crippen LogP contribution in [0.2, 0.25) is 0 Å². The van der Waals surface area contributed by atoms with Gasteiger partial charge in [-0.15, -0.1) is 0 Å². The summed E-state index contributed by atoms with van der Waals surface area (Å²) in [6.45, 7) is -0.245. The van der Waals surface area contributed by atoms with Crippen molar-refractivity contribution in [3.8, 4) is 16.9 Å². The fourth-order valence-corrected chi connectivity index (χ4v) is 2.23. The minimum absolute atomic E-state index is 0.100. The Hall–Kier alpha value is -3.74. The first-order chi connectivity index (χ1) is 12.7. The second-order valence-electron chi connectivity index (χ2n) is 5.24. The van der Waals surface area contributed by atoms with Crippen LogP contribution in [0.15, 0.2) is 73.2 Å². The standard InChI is InChI=1S/C19H16N4O3/c24-18(22-23-19(25)16-12-20-10-11-21-16)13-26-17-9-5-4-8-15(17)14-6-2-1-3-7-14/h1-12H,13H2,(H,22,24)(H,23,25). The molecular formula is C19H16N4O3. The molecule has 3 aromatic rings. The third kappa shape index (κ3) is 4.41. The van der Waals surface area contributed by atoms with Crippen LogP contribution in [0.25, 0.3) is 11.1 Å². The van der Waals surface area contributed by atoms with Crippen LogP contribution >= 0.6 is 0 Å². The molecule has 3 rings (SSSR count). The average Bonchev–Trinajstić information content (AvgIpc) is 2.72. The number of carbonyl (C=O) groups excluding carboxylic acids is 2. The van der Waals surface area contributed by atoms with E-state index in [1.54, 1.807) is 6.07 Å². The zero-order chi connectivity index (χ0) is 18.2. The van der Waals surface area contributed by atoms with Gasteiger partial charge in [0.2, 0.25) is 0 Å². The molecule has 26 heavy (non-hydrogen) atoms. The van der Waals surface area contributed by atoms with E-state index in [2.05, 4.69) is 20.8 Å². The van der Waals surface area contributed by atoms with Gasteiger partial charge in [0, 0.05) is 18.0 Å². The second kappa shape index (κ2) is 8.39. The van der Waals surface area contributed by atoms with Gasteiger partial charge < -0.3 is 4.74 Å². The number of carbonyl (C=O) groups is 2. The summed E-state index contributed by atoms with van der Waals surface area (Å²) in [5.41, 5.74) is 6.50. The van der Waals surface area contributed by atoms with Gasteiger partial charge >= 0.3 is 0 Å². The topological polar surface area (TPSA) is 93.2 Å². The fraction of sp³-hybridized carbons (Fsp3) is 0.0526. The van der Waals surface area contributed by atoms with Gasteiger partial charge in [0.25, 0.3) is 11.8 Å². The lowest BCUT2D eigenvalue weighted by Crippen LogP contribution is -2.44. The van der Waals surface area contributed by atoms with E-state index in [-0.39, 0.29) is 12.3 Å². The number of aromatic nitrogens is 2. The first-order valence-corrected chi connectivity index (χ1v) is 7.86. The van der Waals surface area contributed by atoms with Gasteiger partial charge in [0.1, 0.15) is 11.4 Å². The average molecular weight is 348 g/mol. The molecule has 0 radical (unpaired) electrons. The molecular weight excluding hydrogens is 332 g/mol. The van der Waals surface area contributed by atoms with E-state index in [0.29, 0.717) is 5.75 Å².